The molecule has 3 heterocycles. The monoisotopic (exact) mass is 343 g/mol. The first-order chi connectivity index (χ1) is 12.3. The fraction of sp³-hybridized carbons (Fsp3) is 0.412. The summed E-state index contributed by atoms with van der Waals surface area (Å²) in [5, 5.41) is 6.35. The van der Waals surface area contributed by atoms with Crippen molar-refractivity contribution in [3.8, 4) is 11.4 Å². The number of aliphatic imine (C=N–C) groups is 1. The van der Waals surface area contributed by atoms with Gasteiger partial charge >= 0.3 is 0 Å². The van der Waals surface area contributed by atoms with Crippen LogP contribution in [0.1, 0.15) is 5.69 Å². The van der Waals surface area contributed by atoms with Crippen LogP contribution < -0.4 is 10.2 Å². The van der Waals surface area contributed by atoms with Gasteiger partial charge in [0.1, 0.15) is 12.4 Å². The molecule has 1 atom stereocenters. The van der Waals surface area contributed by atoms with Crippen molar-refractivity contribution in [3.05, 3.63) is 42.2 Å². The van der Waals surface area contributed by atoms with Gasteiger partial charge in [0.25, 0.3) is 0 Å². The molecule has 2 aromatic rings. The summed E-state index contributed by atoms with van der Waals surface area (Å²) in [4.78, 5) is 4.38. The van der Waals surface area contributed by atoms with Crippen LogP contribution in [-0.4, -0.2) is 59.9 Å². The normalized spacial score (nSPS) is 20.9. The number of nitrogens with one attached hydrogen (secondary N) is 1. The summed E-state index contributed by atoms with van der Waals surface area (Å²) in [5.41, 5.74) is 5.08. The Morgan fingerprint density at radius 2 is 2.00 bits per heavy atom. The topological polar surface area (TPSA) is 73.1 Å². The maximum atomic E-state index is 5.87. The summed E-state index contributed by atoms with van der Waals surface area (Å²) in [6.07, 6.45) is 3.29. The zero-order chi connectivity index (χ0) is 17.1. The van der Waals surface area contributed by atoms with E-state index in [2.05, 4.69) is 15.5 Å². The molecular weight excluding hydrogens is 322 g/mol. The van der Waals surface area contributed by atoms with Crippen LogP contribution in [0, 0.1) is 6.92 Å². The Labute approximate surface area is 146 Å². The van der Waals surface area contributed by atoms with Gasteiger partial charge in [0.05, 0.1) is 37.5 Å². The van der Waals surface area contributed by atoms with E-state index in [0.717, 1.165) is 17.1 Å². The third-order valence-electron chi connectivity index (χ3n) is 4.09. The van der Waals surface area contributed by atoms with E-state index in [9.17, 15) is 0 Å². The van der Waals surface area contributed by atoms with Crippen LogP contribution >= 0.6 is 0 Å². The van der Waals surface area contributed by atoms with Gasteiger partial charge in [-0.2, -0.15) is 10.1 Å². The summed E-state index contributed by atoms with van der Waals surface area (Å²) < 4.78 is 18.7. The molecule has 8 heteroatoms. The summed E-state index contributed by atoms with van der Waals surface area (Å²) in [5.74, 6) is 0.794. The third kappa shape index (κ3) is 3.81. The lowest BCUT2D eigenvalue weighted by atomic mass is 10.3. The Bertz CT molecular complexity index is 724. The van der Waals surface area contributed by atoms with E-state index >= 15 is 0 Å². The van der Waals surface area contributed by atoms with Gasteiger partial charge in [0.15, 0.2) is 12.5 Å². The smallest absolute Gasteiger partial charge is 0.172 e. The lowest BCUT2D eigenvalue weighted by Crippen LogP contribution is -2.46. The standard InChI is InChI=1S/C17H21N5O3/c1-13-6-7-21(20-13)14-2-4-15(5-3-14)25-11-16-18-12-19-22(16)10-17-23-8-9-24-17/h2-7,12,16-17H,8-11H2,1H3,(H,18,19). The first kappa shape index (κ1) is 16.1. The number of nitrogens with zero attached hydrogens (tertiary/aromatic N) is 4. The van der Waals surface area contributed by atoms with Crippen molar-refractivity contribution in [1.29, 1.82) is 0 Å². The van der Waals surface area contributed by atoms with Crippen LogP contribution in [-0.2, 0) is 9.47 Å². The molecule has 0 radical (unpaired) electrons. The molecule has 1 fully saturated rings. The fourth-order valence-corrected chi connectivity index (χ4v) is 2.77. The van der Waals surface area contributed by atoms with Gasteiger partial charge in [-0.15, -0.1) is 0 Å². The highest BCUT2D eigenvalue weighted by atomic mass is 16.7. The second-order valence-electron chi connectivity index (χ2n) is 5.92. The number of aromatic nitrogens is 2. The van der Waals surface area contributed by atoms with Crippen molar-refractivity contribution in [2.45, 2.75) is 19.4 Å². The molecule has 8 nitrogen and oxygen atoms in total. The second kappa shape index (κ2) is 7.22. The third-order valence-corrected chi connectivity index (χ3v) is 4.09. The van der Waals surface area contributed by atoms with Crippen molar-refractivity contribution in [2.24, 2.45) is 4.99 Å². The SMILES string of the molecule is Cc1ccn(-c2ccc(OCC3N=CNN3CC3OCCO3)cc2)n1. The molecule has 1 N–H and O–H groups in total. The first-order valence-electron chi connectivity index (χ1n) is 8.31. The molecule has 0 amide bonds. The molecule has 1 aromatic heterocycles. The molecule has 25 heavy (non-hydrogen) atoms. The molecule has 0 spiro atoms. The average Bonchev–Trinajstić information content (AvgIpc) is 3.37. The minimum Gasteiger partial charge on any atom is -0.490 e. The number of ether oxygens (including phenoxy) is 3. The first-order valence-corrected chi connectivity index (χ1v) is 8.31. The number of hydrogen-bond acceptors (Lipinski definition) is 7. The molecule has 1 saturated heterocycles. The molecule has 4 rings (SSSR count). The average molecular weight is 343 g/mol. The number of hydrogen-bond donors (Lipinski definition) is 1. The minimum atomic E-state index is -0.214. The van der Waals surface area contributed by atoms with Crippen LogP contribution in [0.3, 0.4) is 0 Å². The Morgan fingerprint density at radius 1 is 1.20 bits per heavy atom. The molecule has 2 aliphatic heterocycles. The predicted molar refractivity (Wildman–Crippen MR) is 91.6 cm³/mol. The Hall–Kier alpha value is -2.42. The quantitative estimate of drug-likeness (QED) is 0.847. The van der Waals surface area contributed by atoms with E-state index in [0.29, 0.717) is 26.4 Å². The predicted octanol–water partition coefficient (Wildman–Crippen LogP) is 1.11. The zero-order valence-corrected chi connectivity index (χ0v) is 14.0. The van der Waals surface area contributed by atoms with Crippen molar-refractivity contribution >= 4 is 6.34 Å². The van der Waals surface area contributed by atoms with Gasteiger partial charge in [-0.3, -0.25) is 4.99 Å². The highest BCUT2D eigenvalue weighted by Gasteiger charge is 2.27. The van der Waals surface area contributed by atoms with Gasteiger partial charge in [0, 0.05) is 6.20 Å². The molecule has 0 saturated carbocycles. The largest absolute Gasteiger partial charge is 0.490 e. The number of aryl methyl sites for hydroxylation is 1. The number of rotatable bonds is 6. The van der Waals surface area contributed by atoms with Gasteiger partial charge in [0.2, 0.25) is 0 Å². The number of benzene rings is 1. The summed E-state index contributed by atoms with van der Waals surface area (Å²) in [6.45, 7) is 4.30. The van der Waals surface area contributed by atoms with E-state index in [4.69, 9.17) is 14.2 Å². The maximum Gasteiger partial charge on any atom is 0.172 e. The highest BCUT2D eigenvalue weighted by Crippen LogP contribution is 2.17. The van der Waals surface area contributed by atoms with Gasteiger partial charge in [-0.25, -0.2) is 4.68 Å². The zero-order valence-electron chi connectivity index (χ0n) is 14.0. The molecule has 0 bridgehead atoms. The Morgan fingerprint density at radius 3 is 2.72 bits per heavy atom. The molecule has 0 aliphatic carbocycles. The second-order valence-corrected chi connectivity index (χ2v) is 5.92. The van der Waals surface area contributed by atoms with E-state index in [1.54, 1.807) is 6.34 Å². The van der Waals surface area contributed by atoms with Crippen molar-refractivity contribution < 1.29 is 14.2 Å². The molecular formula is C17H21N5O3. The number of hydrazine groups is 1. The lowest BCUT2D eigenvalue weighted by molar-refractivity contribution is -0.0735. The summed E-state index contributed by atoms with van der Waals surface area (Å²) in [6, 6.07) is 9.81. The van der Waals surface area contributed by atoms with E-state index in [1.165, 1.54) is 0 Å². The fourth-order valence-electron chi connectivity index (χ4n) is 2.77. The van der Waals surface area contributed by atoms with E-state index < -0.39 is 0 Å². The lowest BCUT2D eigenvalue weighted by Gasteiger charge is -2.24. The summed E-state index contributed by atoms with van der Waals surface area (Å²) >= 11 is 0. The highest BCUT2D eigenvalue weighted by molar-refractivity contribution is 5.55. The van der Waals surface area contributed by atoms with Crippen molar-refractivity contribution in [1.82, 2.24) is 20.2 Å². The van der Waals surface area contributed by atoms with Gasteiger partial charge in [-0.05, 0) is 37.3 Å². The molecule has 2 aliphatic rings. The van der Waals surface area contributed by atoms with Crippen molar-refractivity contribution in [2.75, 3.05) is 26.4 Å². The Balaban J connectivity index is 1.32. The Kier molecular flexibility index (Phi) is 4.64. The van der Waals surface area contributed by atoms with Gasteiger partial charge < -0.3 is 19.6 Å². The summed E-state index contributed by atoms with van der Waals surface area (Å²) in [7, 11) is 0. The van der Waals surface area contributed by atoms with Crippen molar-refractivity contribution in [3.63, 3.8) is 0 Å². The maximum absolute atomic E-state index is 5.87. The van der Waals surface area contributed by atoms with Crippen LogP contribution in [0.15, 0.2) is 41.5 Å². The molecule has 1 aromatic carbocycles. The van der Waals surface area contributed by atoms with Gasteiger partial charge in [-0.1, -0.05) is 0 Å². The van der Waals surface area contributed by atoms with Crippen LogP contribution in [0.25, 0.3) is 5.69 Å². The minimum absolute atomic E-state index is 0.110. The molecule has 132 valence electrons. The van der Waals surface area contributed by atoms with E-state index in [1.807, 2.05) is 53.1 Å². The van der Waals surface area contributed by atoms with Crippen LogP contribution in [0.2, 0.25) is 0 Å². The van der Waals surface area contributed by atoms with Crippen LogP contribution in [0.4, 0.5) is 0 Å². The van der Waals surface area contributed by atoms with E-state index in [-0.39, 0.29) is 12.5 Å². The molecule has 1 unspecified atom stereocenters. The van der Waals surface area contributed by atoms with Crippen LogP contribution in [0.5, 0.6) is 5.75 Å².